The summed E-state index contributed by atoms with van der Waals surface area (Å²) in [5.74, 6) is -0.851. The van der Waals surface area contributed by atoms with Crippen molar-refractivity contribution < 1.29 is 18.8 Å². The number of hydrogen-bond donors (Lipinski definition) is 1. The largest absolute Gasteiger partial charge is 0.344 e. The van der Waals surface area contributed by atoms with Gasteiger partial charge in [-0.2, -0.15) is 0 Å². The van der Waals surface area contributed by atoms with Gasteiger partial charge in [0.1, 0.15) is 10.8 Å². The fourth-order valence-corrected chi connectivity index (χ4v) is 3.88. The van der Waals surface area contributed by atoms with E-state index in [1.54, 1.807) is 26.0 Å². The topological polar surface area (TPSA) is 58.6 Å². The van der Waals surface area contributed by atoms with Gasteiger partial charge in [0.15, 0.2) is 5.78 Å². The molecule has 0 radical (unpaired) electrons. The lowest BCUT2D eigenvalue weighted by Gasteiger charge is -2.16. The van der Waals surface area contributed by atoms with Gasteiger partial charge in [0, 0.05) is 0 Å². The Bertz CT molecular complexity index is 841. The van der Waals surface area contributed by atoms with Gasteiger partial charge in [-0.1, -0.05) is 6.07 Å². The summed E-state index contributed by atoms with van der Waals surface area (Å²) in [4.78, 5) is 30.5. The zero-order chi connectivity index (χ0) is 18.1. The molecule has 1 saturated heterocycles. The number of anilines is 2. The van der Waals surface area contributed by atoms with Crippen LogP contribution in [0.3, 0.4) is 0 Å². The highest BCUT2D eigenvalue weighted by atomic mass is 32.1. The van der Waals surface area contributed by atoms with Crippen LogP contribution in [0.25, 0.3) is 0 Å². The van der Waals surface area contributed by atoms with Crippen LogP contribution in [0.2, 0.25) is 0 Å². The quantitative estimate of drug-likeness (QED) is 0.827. The smallest absolute Gasteiger partial charge is 0.280 e. The number of benzene rings is 1. The predicted molar refractivity (Wildman–Crippen MR) is 95.1 cm³/mol. The summed E-state index contributed by atoms with van der Waals surface area (Å²) < 4.78 is 14.2. The van der Waals surface area contributed by atoms with Crippen LogP contribution in [0.5, 0.6) is 0 Å². The van der Waals surface area contributed by atoms with Gasteiger partial charge in [0.2, 0.25) is 0 Å². The minimum atomic E-state index is -0.411. The average Bonchev–Trinajstić information content (AvgIpc) is 3.18. The van der Waals surface area contributed by atoms with Crippen molar-refractivity contribution >= 4 is 33.7 Å². The number of ketones is 1. The number of nitrogens with zero attached hydrogens (tertiary/aromatic N) is 1. The molecule has 3 rings (SSSR count). The molecule has 0 atom stereocenters. The average molecular weight is 362 g/mol. The maximum atomic E-state index is 14.2. The van der Waals surface area contributed by atoms with E-state index in [4.69, 9.17) is 4.84 Å². The molecule has 2 aromatic rings. The molecule has 25 heavy (non-hydrogen) atoms. The molecule has 0 aliphatic carbocycles. The van der Waals surface area contributed by atoms with Crippen molar-refractivity contribution in [2.24, 2.45) is 0 Å². The first-order valence-electron chi connectivity index (χ1n) is 8.00. The van der Waals surface area contributed by atoms with Gasteiger partial charge >= 0.3 is 0 Å². The highest BCUT2D eigenvalue weighted by molar-refractivity contribution is 7.18. The fourth-order valence-electron chi connectivity index (χ4n) is 2.77. The van der Waals surface area contributed by atoms with Crippen LogP contribution in [0, 0.1) is 19.7 Å². The molecule has 1 aliphatic rings. The van der Waals surface area contributed by atoms with Crippen molar-refractivity contribution in [3.05, 3.63) is 45.6 Å². The number of carbonyl (C=O) groups is 2. The van der Waals surface area contributed by atoms with Crippen LogP contribution < -0.4 is 5.32 Å². The molecule has 7 heteroatoms. The fraction of sp³-hybridized carbons (Fsp3) is 0.333. The van der Waals surface area contributed by atoms with Crippen LogP contribution in [0.15, 0.2) is 18.2 Å². The molecule has 1 aromatic carbocycles. The highest BCUT2D eigenvalue weighted by Gasteiger charge is 2.29. The Morgan fingerprint density at radius 3 is 2.68 bits per heavy atom. The van der Waals surface area contributed by atoms with E-state index in [2.05, 4.69) is 5.32 Å². The van der Waals surface area contributed by atoms with Gasteiger partial charge in [0.25, 0.3) is 5.91 Å². The van der Waals surface area contributed by atoms with E-state index in [0.717, 1.165) is 23.3 Å². The van der Waals surface area contributed by atoms with Crippen LogP contribution in [0.4, 0.5) is 15.1 Å². The zero-order valence-corrected chi connectivity index (χ0v) is 15.1. The van der Waals surface area contributed by atoms with Crippen molar-refractivity contribution in [3.63, 3.8) is 0 Å². The van der Waals surface area contributed by atoms with Crippen molar-refractivity contribution in [2.45, 2.75) is 27.2 Å². The number of rotatable bonds is 4. The lowest BCUT2D eigenvalue weighted by Crippen LogP contribution is -2.27. The predicted octanol–water partition coefficient (Wildman–Crippen LogP) is 4.23. The number of hydroxylamine groups is 2. The van der Waals surface area contributed by atoms with Crippen LogP contribution in [0.1, 0.15) is 44.5 Å². The summed E-state index contributed by atoms with van der Waals surface area (Å²) in [6.45, 7) is 5.98. The molecule has 5 nitrogen and oxygen atoms in total. The Labute approximate surface area is 149 Å². The third-order valence-corrected chi connectivity index (χ3v) is 5.34. The number of hydrogen-bond acceptors (Lipinski definition) is 5. The molecule has 1 fully saturated rings. The van der Waals surface area contributed by atoms with Gasteiger partial charge in [0.05, 0.1) is 29.3 Å². The maximum Gasteiger partial charge on any atom is 0.280 e. The summed E-state index contributed by atoms with van der Waals surface area (Å²) in [6.07, 6.45) is 0.768. The number of Topliss-reactive ketones (excluding diaryl/α,β-unsaturated/α-hetero) is 1. The van der Waals surface area contributed by atoms with Crippen LogP contribution >= 0.6 is 11.3 Å². The minimum Gasteiger partial charge on any atom is -0.344 e. The summed E-state index contributed by atoms with van der Waals surface area (Å²) >= 11 is 1.16. The molecule has 1 aromatic heterocycles. The first-order chi connectivity index (χ1) is 11.9. The van der Waals surface area contributed by atoms with E-state index < -0.39 is 5.82 Å². The number of halogens is 1. The molecule has 0 spiro atoms. The molecular weight excluding hydrogens is 343 g/mol. The van der Waals surface area contributed by atoms with Gasteiger partial charge in [-0.25, -0.2) is 9.45 Å². The zero-order valence-electron chi connectivity index (χ0n) is 14.3. The lowest BCUT2D eigenvalue weighted by molar-refractivity contribution is -0.0767. The monoisotopic (exact) mass is 362 g/mol. The molecule has 1 amide bonds. The summed E-state index contributed by atoms with van der Waals surface area (Å²) in [6, 6.07) is 4.82. The normalized spacial score (nSPS) is 14.0. The van der Waals surface area contributed by atoms with E-state index >= 15 is 0 Å². The van der Waals surface area contributed by atoms with E-state index in [-0.39, 0.29) is 17.4 Å². The minimum absolute atomic E-state index is 0.128. The van der Waals surface area contributed by atoms with Gasteiger partial charge < -0.3 is 5.32 Å². The number of carbonyl (C=O) groups excluding carboxylic acids is 2. The van der Waals surface area contributed by atoms with Crippen molar-refractivity contribution in [2.75, 3.05) is 18.5 Å². The number of nitrogens with one attached hydrogen (secondary N) is 1. The number of amides is 1. The Kier molecular flexibility index (Phi) is 4.87. The molecule has 2 heterocycles. The van der Waals surface area contributed by atoms with E-state index in [1.165, 1.54) is 18.1 Å². The molecular formula is C18H19FN2O3S. The second-order valence-corrected chi connectivity index (χ2v) is 7.04. The van der Waals surface area contributed by atoms with E-state index in [9.17, 15) is 14.0 Å². The standard InChI is InChI=1S/C18H19FN2O3S/c1-10-5-6-14(13(19)9-10)20-17-15(11(2)16(25-17)12(3)22)18(23)21-7-4-8-24-21/h5-6,9,20H,4,7-8H2,1-3H3. The second-order valence-electron chi connectivity index (χ2n) is 6.02. The molecule has 0 saturated carbocycles. The number of aryl methyl sites for hydroxylation is 1. The van der Waals surface area contributed by atoms with Crippen LogP contribution in [-0.4, -0.2) is 29.9 Å². The van der Waals surface area contributed by atoms with Gasteiger partial charge in [-0.15, -0.1) is 11.3 Å². The van der Waals surface area contributed by atoms with Crippen molar-refractivity contribution in [3.8, 4) is 0 Å². The Hall–Kier alpha value is -2.25. The molecule has 0 bridgehead atoms. The van der Waals surface area contributed by atoms with Gasteiger partial charge in [-0.3, -0.25) is 14.4 Å². The SMILES string of the molecule is CC(=O)c1sc(Nc2ccc(C)cc2F)c(C(=O)N2CCCO2)c1C. The third-order valence-electron chi connectivity index (χ3n) is 4.03. The first-order valence-corrected chi connectivity index (χ1v) is 8.82. The highest BCUT2D eigenvalue weighted by Crippen LogP contribution is 2.37. The molecule has 132 valence electrons. The molecule has 0 unspecified atom stereocenters. The Morgan fingerprint density at radius 2 is 2.08 bits per heavy atom. The summed E-state index contributed by atoms with van der Waals surface area (Å²) in [5, 5.41) is 4.73. The van der Waals surface area contributed by atoms with Crippen molar-refractivity contribution in [1.82, 2.24) is 5.06 Å². The summed E-state index contributed by atoms with van der Waals surface area (Å²) in [7, 11) is 0. The van der Waals surface area contributed by atoms with Gasteiger partial charge in [-0.05, 0) is 50.5 Å². The Morgan fingerprint density at radius 1 is 1.32 bits per heavy atom. The maximum absolute atomic E-state index is 14.2. The summed E-state index contributed by atoms with van der Waals surface area (Å²) in [5.41, 5.74) is 2.01. The van der Waals surface area contributed by atoms with E-state index in [1.807, 2.05) is 0 Å². The molecule has 1 aliphatic heterocycles. The number of thiophene rings is 1. The third kappa shape index (κ3) is 3.43. The molecule has 1 N–H and O–H groups in total. The lowest BCUT2D eigenvalue weighted by atomic mass is 10.1. The second kappa shape index (κ2) is 6.93. The Balaban J connectivity index is 2.03. The first kappa shape index (κ1) is 17.6. The van der Waals surface area contributed by atoms with Crippen LogP contribution in [-0.2, 0) is 4.84 Å². The van der Waals surface area contributed by atoms with E-state index in [0.29, 0.717) is 34.2 Å². The van der Waals surface area contributed by atoms with Crippen molar-refractivity contribution in [1.29, 1.82) is 0 Å².